The van der Waals surface area contributed by atoms with Crippen LogP contribution in [0.3, 0.4) is 0 Å². The Balaban J connectivity index is 1.83. The van der Waals surface area contributed by atoms with Crippen molar-refractivity contribution < 1.29 is 23.9 Å². The number of carbonyl (C=O) groups excluding carboxylic acids is 4. The molecule has 134 valence electrons. The van der Waals surface area contributed by atoms with Crippen LogP contribution in [-0.2, 0) is 19.1 Å². The summed E-state index contributed by atoms with van der Waals surface area (Å²) < 4.78 is 4.81. The van der Waals surface area contributed by atoms with Crippen LogP contribution < -0.4 is 10.6 Å². The molecule has 0 unspecified atom stereocenters. The predicted octanol–water partition coefficient (Wildman–Crippen LogP) is 1.54. The zero-order valence-electron chi connectivity index (χ0n) is 13.8. The van der Waals surface area contributed by atoms with E-state index in [1.165, 1.54) is 0 Å². The number of rotatable bonds is 6. The third-order valence-corrected chi connectivity index (χ3v) is 4.05. The van der Waals surface area contributed by atoms with Gasteiger partial charge in [-0.25, -0.2) is 4.79 Å². The number of hydrogen-bond donors (Lipinski definition) is 2. The van der Waals surface area contributed by atoms with Crippen molar-refractivity contribution in [3.63, 3.8) is 0 Å². The van der Waals surface area contributed by atoms with Crippen LogP contribution in [-0.4, -0.2) is 47.4 Å². The van der Waals surface area contributed by atoms with Crippen LogP contribution in [0.1, 0.15) is 20.3 Å². The van der Waals surface area contributed by atoms with Crippen molar-refractivity contribution >= 4 is 41.1 Å². The van der Waals surface area contributed by atoms with E-state index in [4.69, 9.17) is 16.3 Å². The van der Waals surface area contributed by atoms with E-state index in [9.17, 15) is 19.2 Å². The summed E-state index contributed by atoms with van der Waals surface area (Å²) in [4.78, 5) is 48.3. The molecular formula is C16H18ClN3O5. The van der Waals surface area contributed by atoms with E-state index in [2.05, 4.69) is 10.6 Å². The molecule has 0 spiro atoms. The first-order valence-electron chi connectivity index (χ1n) is 7.60. The molecule has 9 heteroatoms. The highest BCUT2D eigenvalue weighted by Crippen LogP contribution is 2.20. The molecule has 2 rings (SSSR count). The molecule has 0 saturated carbocycles. The second kappa shape index (κ2) is 7.52. The molecule has 1 aliphatic heterocycles. The molecule has 1 aromatic carbocycles. The monoisotopic (exact) mass is 367 g/mol. The van der Waals surface area contributed by atoms with Gasteiger partial charge in [-0.2, -0.15) is 0 Å². The lowest BCUT2D eigenvalue weighted by Crippen LogP contribution is -2.43. The first-order chi connectivity index (χ1) is 11.7. The van der Waals surface area contributed by atoms with E-state index in [-0.39, 0.29) is 0 Å². The first kappa shape index (κ1) is 18.7. The number of esters is 1. The molecule has 1 saturated heterocycles. The largest absolute Gasteiger partial charge is 0.454 e. The number of nitrogens with zero attached hydrogens (tertiary/aromatic N) is 1. The van der Waals surface area contributed by atoms with Crippen molar-refractivity contribution in [2.45, 2.75) is 25.8 Å². The van der Waals surface area contributed by atoms with Crippen LogP contribution in [0.25, 0.3) is 0 Å². The summed E-state index contributed by atoms with van der Waals surface area (Å²) in [6.45, 7) is 2.24. The van der Waals surface area contributed by atoms with Gasteiger partial charge >= 0.3 is 12.0 Å². The van der Waals surface area contributed by atoms with Crippen molar-refractivity contribution in [2.75, 3.05) is 18.5 Å². The lowest BCUT2D eigenvalue weighted by molar-refractivity contribution is -0.150. The minimum Gasteiger partial charge on any atom is -0.454 e. The molecule has 25 heavy (non-hydrogen) atoms. The summed E-state index contributed by atoms with van der Waals surface area (Å²) in [5, 5.41) is 5.49. The van der Waals surface area contributed by atoms with Crippen molar-refractivity contribution in [2.24, 2.45) is 0 Å². The number of anilines is 1. The average molecular weight is 368 g/mol. The second-order valence-electron chi connectivity index (χ2n) is 5.73. The molecule has 0 bridgehead atoms. The number of imide groups is 1. The fraction of sp³-hybridized carbons (Fsp3) is 0.375. The number of amides is 4. The van der Waals surface area contributed by atoms with Gasteiger partial charge in [0.15, 0.2) is 6.61 Å². The van der Waals surface area contributed by atoms with Gasteiger partial charge in [0.1, 0.15) is 12.1 Å². The molecule has 1 atom stereocenters. The van der Waals surface area contributed by atoms with Gasteiger partial charge in [-0.3, -0.25) is 19.3 Å². The summed E-state index contributed by atoms with van der Waals surface area (Å²) in [5.74, 6) is -1.92. The van der Waals surface area contributed by atoms with Crippen LogP contribution in [0, 0.1) is 0 Å². The maximum Gasteiger partial charge on any atom is 0.326 e. The summed E-state index contributed by atoms with van der Waals surface area (Å²) in [6, 6.07) is 5.82. The zero-order valence-corrected chi connectivity index (χ0v) is 14.6. The molecule has 8 nitrogen and oxygen atoms in total. The summed E-state index contributed by atoms with van der Waals surface area (Å²) >= 11 is 5.80. The molecule has 0 aliphatic carbocycles. The van der Waals surface area contributed by atoms with Crippen molar-refractivity contribution in [1.29, 1.82) is 0 Å². The highest BCUT2D eigenvalue weighted by atomic mass is 35.5. The Hall–Kier alpha value is -2.61. The fourth-order valence-electron chi connectivity index (χ4n) is 2.21. The summed E-state index contributed by atoms with van der Waals surface area (Å²) in [6.07, 6.45) is 0.394. The Morgan fingerprint density at radius 1 is 1.36 bits per heavy atom. The highest BCUT2D eigenvalue weighted by molar-refractivity contribution is 6.30. The SMILES string of the molecule is CC[C@]1(C)NC(=O)N(CC(=O)OCC(=O)Nc2cccc(Cl)c2)C1=O. The van der Waals surface area contributed by atoms with Crippen LogP contribution >= 0.6 is 11.6 Å². The Morgan fingerprint density at radius 3 is 2.68 bits per heavy atom. The number of nitrogens with one attached hydrogen (secondary N) is 2. The molecule has 0 radical (unpaired) electrons. The van der Waals surface area contributed by atoms with E-state index in [1.807, 2.05) is 0 Å². The Kier molecular flexibility index (Phi) is 5.63. The van der Waals surface area contributed by atoms with Gasteiger partial charge < -0.3 is 15.4 Å². The van der Waals surface area contributed by atoms with Gasteiger partial charge in [0, 0.05) is 10.7 Å². The van der Waals surface area contributed by atoms with Gasteiger partial charge in [-0.15, -0.1) is 0 Å². The maximum atomic E-state index is 12.2. The lowest BCUT2D eigenvalue weighted by atomic mass is 9.99. The lowest BCUT2D eigenvalue weighted by Gasteiger charge is -2.18. The quantitative estimate of drug-likeness (QED) is 0.586. The maximum absolute atomic E-state index is 12.2. The number of carbonyl (C=O) groups is 4. The molecule has 1 fully saturated rings. The molecule has 2 N–H and O–H groups in total. The van der Waals surface area contributed by atoms with Gasteiger partial charge in [-0.05, 0) is 31.5 Å². The number of halogens is 1. The van der Waals surface area contributed by atoms with Crippen LogP contribution in [0.4, 0.5) is 10.5 Å². The molecule has 4 amide bonds. The topological polar surface area (TPSA) is 105 Å². The van der Waals surface area contributed by atoms with E-state index in [0.717, 1.165) is 4.90 Å². The number of urea groups is 1. The molecule has 1 aliphatic rings. The Bertz CT molecular complexity index is 723. The van der Waals surface area contributed by atoms with Crippen molar-refractivity contribution in [3.8, 4) is 0 Å². The standard InChI is InChI=1S/C16H18ClN3O5/c1-3-16(2)14(23)20(15(24)19-16)8-13(22)25-9-12(21)18-11-6-4-5-10(17)7-11/h4-7H,3,8-9H2,1-2H3,(H,18,21)(H,19,24)/t16-/m0/s1. The van der Waals surface area contributed by atoms with Gasteiger partial charge in [0.2, 0.25) is 0 Å². The Labute approximate surface area is 149 Å². The minimum atomic E-state index is -1.03. The molecular weight excluding hydrogens is 350 g/mol. The van der Waals surface area contributed by atoms with E-state index < -0.39 is 42.5 Å². The zero-order chi connectivity index (χ0) is 18.6. The van der Waals surface area contributed by atoms with Crippen LogP contribution in [0.2, 0.25) is 5.02 Å². The number of ether oxygens (including phenoxy) is 1. The minimum absolute atomic E-state index is 0.394. The first-order valence-corrected chi connectivity index (χ1v) is 7.98. The summed E-state index contributed by atoms with van der Waals surface area (Å²) in [5.41, 5.74) is -0.567. The van der Waals surface area contributed by atoms with E-state index in [0.29, 0.717) is 17.1 Å². The fourth-order valence-corrected chi connectivity index (χ4v) is 2.40. The third kappa shape index (κ3) is 4.48. The average Bonchev–Trinajstić information content (AvgIpc) is 2.77. The normalized spacial score (nSPS) is 19.6. The van der Waals surface area contributed by atoms with Crippen LogP contribution in [0.15, 0.2) is 24.3 Å². The van der Waals surface area contributed by atoms with E-state index >= 15 is 0 Å². The van der Waals surface area contributed by atoms with Crippen molar-refractivity contribution in [3.05, 3.63) is 29.3 Å². The number of hydrogen-bond acceptors (Lipinski definition) is 5. The summed E-state index contributed by atoms with van der Waals surface area (Å²) in [7, 11) is 0. The smallest absolute Gasteiger partial charge is 0.326 e. The van der Waals surface area contributed by atoms with E-state index in [1.54, 1.807) is 38.1 Å². The Morgan fingerprint density at radius 2 is 2.08 bits per heavy atom. The third-order valence-electron chi connectivity index (χ3n) is 3.81. The van der Waals surface area contributed by atoms with Crippen molar-refractivity contribution in [1.82, 2.24) is 10.2 Å². The molecule has 1 aromatic rings. The van der Waals surface area contributed by atoms with Crippen LogP contribution in [0.5, 0.6) is 0 Å². The predicted molar refractivity (Wildman–Crippen MR) is 90.0 cm³/mol. The number of benzene rings is 1. The second-order valence-corrected chi connectivity index (χ2v) is 6.16. The van der Waals surface area contributed by atoms with Gasteiger partial charge in [0.05, 0.1) is 0 Å². The van der Waals surface area contributed by atoms with Gasteiger partial charge in [0.25, 0.3) is 11.8 Å². The molecule has 1 heterocycles. The van der Waals surface area contributed by atoms with Gasteiger partial charge in [-0.1, -0.05) is 24.6 Å². The molecule has 0 aromatic heterocycles. The highest BCUT2D eigenvalue weighted by Gasteiger charge is 2.47.